The molecule has 1 saturated heterocycles. The van der Waals surface area contributed by atoms with E-state index in [0.717, 1.165) is 0 Å². The van der Waals surface area contributed by atoms with E-state index in [4.69, 9.17) is 14.4 Å². The molecule has 0 radical (unpaired) electrons. The summed E-state index contributed by atoms with van der Waals surface area (Å²) in [7, 11) is 0. The second kappa shape index (κ2) is 4.37. The third kappa shape index (κ3) is 1.92. The number of ether oxygens (including phenoxy) is 1. The highest BCUT2D eigenvalue weighted by molar-refractivity contribution is 5.95. The minimum Gasteiger partial charge on any atom is -0.469 e. The fourth-order valence-corrected chi connectivity index (χ4v) is 1.69. The lowest BCUT2D eigenvalue weighted by atomic mass is 10.2. The van der Waals surface area contributed by atoms with Crippen LogP contribution in [0.5, 0.6) is 0 Å². The fraction of sp³-hybridized carbons (Fsp3) is 0.455. The van der Waals surface area contributed by atoms with Crippen molar-refractivity contribution in [2.75, 3.05) is 19.7 Å². The molecular weight excluding hydrogens is 208 g/mol. The van der Waals surface area contributed by atoms with Crippen molar-refractivity contribution >= 4 is 5.91 Å². The lowest BCUT2D eigenvalue weighted by molar-refractivity contribution is 0.00339. The predicted molar refractivity (Wildman–Crippen MR) is 54.7 cm³/mol. The van der Waals surface area contributed by atoms with Gasteiger partial charge in [-0.05, 0) is 13.0 Å². The van der Waals surface area contributed by atoms with Gasteiger partial charge in [-0.15, -0.1) is 0 Å². The zero-order valence-electron chi connectivity index (χ0n) is 8.97. The van der Waals surface area contributed by atoms with Crippen molar-refractivity contribution in [3.05, 3.63) is 23.7 Å². The van der Waals surface area contributed by atoms with Crippen LogP contribution in [0.2, 0.25) is 0 Å². The van der Waals surface area contributed by atoms with E-state index in [0.29, 0.717) is 31.0 Å². The maximum atomic E-state index is 12.0. The number of amides is 1. The number of hydrogen-bond acceptors (Lipinski definition) is 4. The Morgan fingerprint density at radius 1 is 1.69 bits per heavy atom. The number of morpholine rings is 1. The highest BCUT2D eigenvalue weighted by Gasteiger charge is 2.26. The van der Waals surface area contributed by atoms with Gasteiger partial charge in [0.15, 0.2) is 6.10 Å². The number of rotatable bonds is 1. The second-order valence-electron chi connectivity index (χ2n) is 3.63. The molecule has 1 fully saturated rings. The Morgan fingerprint density at radius 3 is 3.12 bits per heavy atom. The van der Waals surface area contributed by atoms with Crippen LogP contribution in [-0.4, -0.2) is 36.6 Å². The summed E-state index contributed by atoms with van der Waals surface area (Å²) in [6.07, 6.45) is 0.968. The number of hydrogen-bond donors (Lipinski definition) is 0. The summed E-state index contributed by atoms with van der Waals surface area (Å²) >= 11 is 0. The number of carbonyl (C=O) groups is 1. The van der Waals surface area contributed by atoms with Crippen LogP contribution in [0.15, 0.2) is 16.7 Å². The monoisotopic (exact) mass is 220 g/mol. The number of nitriles is 1. The van der Waals surface area contributed by atoms with Crippen LogP contribution >= 0.6 is 0 Å². The van der Waals surface area contributed by atoms with Gasteiger partial charge in [-0.25, -0.2) is 0 Å². The molecule has 1 aliphatic heterocycles. The van der Waals surface area contributed by atoms with E-state index < -0.39 is 6.10 Å². The molecule has 2 heterocycles. The molecule has 5 nitrogen and oxygen atoms in total. The number of furan rings is 1. The molecule has 1 aromatic heterocycles. The standard InChI is InChI=1S/C11H12N2O3/c1-8-10(2-4-15-8)11(14)13-3-5-16-9(6-12)7-13/h2,4,9H,3,5,7H2,1H3. The Kier molecular flexibility index (Phi) is 2.93. The molecule has 84 valence electrons. The van der Waals surface area contributed by atoms with Crippen molar-refractivity contribution < 1.29 is 13.9 Å². The van der Waals surface area contributed by atoms with Gasteiger partial charge in [-0.3, -0.25) is 4.79 Å². The minimum absolute atomic E-state index is 0.102. The molecule has 1 aromatic rings. The quantitative estimate of drug-likeness (QED) is 0.706. The van der Waals surface area contributed by atoms with Crippen molar-refractivity contribution in [3.63, 3.8) is 0 Å². The van der Waals surface area contributed by atoms with Crippen molar-refractivity contribution in [2.24, 2.45) is 0 Å². The van der Waals surface area contributed by atoms with Gasteiger partial charge in [0.05, 0.1) is 31.0 Å². The van der Waals surface area contributed by atoms with E-state index in [9.17, 15) is 4.79 Å². The van der Waals surface area contributed by atoms with E-state index in [1.54, 1.807) is 17.9 Å². The van der Waals surface area contributed by atoms with Gasteiger partial charge in [0, 0.05) is 6.54 Å². The first-order valence-corrected chi connectivity index (χ1v) is 5.07. The van der Waals surface area contributed by atoms with Gasteiger partial charge in [0.1, 0.15) is 5.76 Å². The van der Waals surface area contributed by atoms with Gasteiger partial charge in [-0.1, -0.05) is 0 Å². The number of nitrogens with zero attached hydrogens (tertiary/aromatic N) is 2. The van der Waals surface area contributed by atoms with E-state index in [-0.39, 0.29) is 5.91 Å². The zero-order chi connectivity index (χ0) is 11.5. The first-order valence-electron chi connectivity index (χ1n) is 5.07. The maximum Gasteiger partial charge on any atom is 0.257 e. The summed E-state index contributed by atoms with van der Waals surface area (Å²) in [5.41, 5.74) is 0.554. The van der Waals surface area contributed by atoms with E-state index in [2.05, 4.69) is 0 Å². The van der Waals surface area contributed by atoms with Gasteiger partial charge >= 0.3 is 0 Å². The van der Waals surface area contributed by atoms with Crippen LogP contribution in [0.3, 0.4) is 0 Å². The third-order valence-electron chi connectivity index (χ3n) is 2.59. The first kappa shape index (κ1) is 10.7. The zero-order valence-corrected chi connectivity index (χ0v) is 8.97. The molecule has 1 atom stereocenters. The molecule has 0 bridgehead atoms. The molecule has 0 aromatic carbocycles. The van der Waals surface area contributed by atoms with Crippen molar-refractivity contribution in [3.8, 4) is 6.07 Å². The average Bonchev–Trinajstić information content (AvgIpc) is 2.74. The summed E-state index contributed by atoms with van der Waals surface area (Å²) in [5, 5.41) is 8.74. The topological polar surface area (TPSA) is 66.5 Å². The fourth-order valence-electron chi connectivity index (χ4n) is 1.69. The van der Waals surface area contributed by atoms with Gasteiger partial charge in [0.2, 0.25) is 0 Å². The Hall–Kier alpha value is -1.80. The summed E-state index contributed by atoms with van der Waals surface area (Å²) in [4.78, 5) is 13.7. The van der Waals surface area contributed by atoms with Gasteiger partial charge in [-0.2, -0.15) is 5.26 Å². The van der Waals surface area contributed by atoms with Crippen LogP contribution in [0, 0.1) is 18.3 Å². The van der Waals surface area contributed by atoms with Crippen LogP contribution in [-0.2, 0) is 4.74 Å². The first-order chi connectivity index (χ1) is 7.72. The summed E-state index contributed by atoms with van der Waals surface area (Å²) in [6.45, 7) is 2.98. The average molecular weight is 220 g/mol. The molecule has 16 heavy (non-hydrogen) atoms. The van der Waals surface area contributed by atoms with E-state index in [1.807, 2.05) is 6.07 Å². The van der Waals surface area contributed by atoms with Gasteiger partial charge < -0.3 is 14.1 Å². The molecule has 5 heteroatoms. The molecule has 0 aliphatic carbocycles. The van der Waals surface area contributed by atoms with Crippen molar-refractivity contribution in [2.45, 2.75) is 13.0 Å². The summed E-state index contributed by atoms with van der Waals surface area (Å²) < 4.78 is 10.3. The Balaban J connectivity index is 2.11. The maximum absolute atomic E-state index is 12.0. The Morgan fingerprint density at radius 2 is 2.50 bits per heavy atom. The largest absolute Gasteiger partial charge is 0.469 e. The smallest absolute Gasteiger partial charge is 0.257 e. The summed E-state index contributed by atoms with van der Waals surface area (Å²) in [5.74, 6) is 0.500. The molecule has 1 amide bonds. The molecular formula is C11H12N2O3. The molecule has 1 aliphatic rings. The minimum atomic E-state index is -0.523. The van der Waals surface area contributed by atoms with Crippen molar-refractivity contribution in [1.82, 2.24) is 4.90 Å². The lowest BCUT2D eigenvalue weighted by Crippen LogP contribution is -2.45. The van der Waals surface area contributed by atoms with E-state index in [1.165, 1.54) is 6.26 Å². The van der Waals surface area contributed by atoms with Gasteiger partial charge in [0.25, 0.3) is 5.91 Å². The number of aryl methyl sites for hydroxylation is 1. The van der Waals surface area contributed by atoms with Crippen LogP contribution in [0.1, 0.15) is 16.1 Å². The summed E-state index contributed by atoms with van der Waals surface area (Å²) in [6, 6.07) is 3.66. The van der Waals surface area contributed by atoms with E-state index >= 15 is 0 Å². The molecule has 0 spiro atoms. The Bertz CT molecular complexity index is 433. The normalized spacial score (nSPS) is 20.5. The highest BCUT2D eigenvalue weighted by atomic mass is 16.5. The second-order valence-corrected chi connectivity index (χ2v) is 3.63. The molecule has 0 saturated carbocycles. The van der Waals surface area contributed by atoms with Crippen molar-refractivity contribution in [1.29, 1.82) is 5.26 Å². The third-order valence-corrected chi connectivity index (χ3v) is 2.59. The van der Waals surface area contributed by atoms with Crippen LogP contribution in [0.25, 0.3) is 0 Å². The van der Waals surface area contributed by atoms with Crippen LogP contribution < -0.4 is 0 Å². The molecule has 2 rings (SSSR count). The molecule has 0 N–H and O–H groups in total. The highest BCUT2D eigenvalue weighted by Crippen LogP contribution is 2.14. The lowest BCUT2D eigenvalue weighted by Gasteiger charge is -2.29. The SMILES string of the molecule is Cc1occc1C(=O)N1CCOC(C#N)C1. The number of carbonyl (C=O) groups excluding carboxylic acids is 1. The van der Waals surface area contributed by atoms with Crippen LogP contribution in [0.4, 0.5) is 0 Å². The predicted octanol–water partition coefficient (Wildman–Crippen LogP) is 0.953. The Labute approximate surface area is 93.2 Å². The molecule has 1 unspecified atom stereocenters.